The molecule has 5 rings (SSSR count). The van der Waals surface area contributed by atoms with Crippen molar-refractivity contribution >= 4 is 52.2 Å². The Labute approximate surface area is 226 Å². The van der Waals surface area contributed by atoms with Crippen molar-refractivity contribution in [2.24, 2.45) is 9.98 Å². The number of benzene rings is 3. The average molecular weight is 526 g/mol. The second-order valence-corrected chi connectivity index (χ2v) is 9.59. The highest BCUT2D eigenvalue weighted by molar-refractivity contribution is 6.06. The van der Waals surface area contributed by atoms with E-state index in [1.165, 1.54) is 0 Å². The minimum absolute atomic E-state index is 0.288. The smallest absolute Gasteiger partial charge is 0.323 e. The van der Waals surface area contributed by atoms with Crippen molar-refractivity contribution in [1.82, 2.24) is 10.6 Å². The van der Waals surface area contributed by atoms with Gasteiger partial charge in [-0.2, -0.15) is 0 Å². The minimum atomic E-state index is -0.442. The van der Waals surface area contributed by atoms with Crippen molar-refractivity contribution in [3.8, 4) is 0 Å². The Bertz CT molecular complexity index is 1470. The maximum absolute atomic E-state index is 12.6. The Morgan fingerprint density at radius 2 is 1.21 bits per heavy atom. The van der Waals surface area contributed by atoms with Crippen molar-refractivity contribution in [3.05, 3.63) is 77.9 Å². The fourth-order valence-corrected chi connectivity index (χ4v) is 4.28. The highest BCUT2D eigenvalue weighted by Gasteiger charge is 2.16. The number of nitrogens with two attached hydrogens (primary N) is 1. The van der Waals surface area contributed by atoms with Gasteiger partial charge >= 0.3 is 12.1 Å². The summed E-state index contributed by atoms with van der Waals surface area (Å²) < 4.78 is 0. The van der Waals surface area contributed by atoms with Gasteiger partial charge in [-0.15, -0.1) is 0 Å². The van der Waals surface area contributed by atoms with Crippen LogP contribution in [0.3, 0.4) is 0 Å². The van der Waals surface area contributed by atoms with E-state index in [-0.39, 0.29) is 6.04 Å². The number of amides is 4. The predicted octanol–water partition coefficient (Wildman–Crippen LogP) is 4.03. The van der Waals surface area contributed by atoms with Crippen molar-refractivity contribution in [1.29, 1.82) is 0 Å². The lowest BCUT2D eigenvalue weighted by molar-refractivity contribution is 0.261. The van der Waals surface area contributed by atoms with E-state index in [1.54, 1.807) is 30.3 Å². The van der Waals surface area contributed by atoms with Gasteiger partial charge in [-0.3, -0.25) is 9.98 Å². The summed E-state index contributed by atoms with van der Waals surface area (Å²) in [4.78, 5) is 34.2. The van der Waals surface area contributed by atoms with Crippen molar-refractivity contribution in [2.75, 3.05) is 40.1 Å². The lowest BCUT2D eigenvalue weighted by Crippen LogP contribution is -2.27. The zero-order valence-electron chi connectivity index (χ0n) is 21.7. The molecule has 11 nitrogen and oxygen atoms in total. The number of nitrogens with one attached hydrogen (secondary N) is 6. The normalized spacial score (nSPS) is 17.8. The van der Waals surface area contributed by atoms with Crippen LogP contribution >= 0.6 is 0 Å². The monoisotopic (exact) mass is 525 g/mol. The molecule has 0 saturated carbocycles. The molecule has 3 aromatic rings. The van der Waals surface area contributed by atoms with E-state index < -0.39 is 12.1 Å². The number of nitrogens with zero attached hydrogens (tertiary/aromatic N) is 2. The third kappa shape index (κ3) is 6.45. The lowest BCUT2D eigenvalue weighted by Gasteiger charge is -2.13. The number of amidine groups is 2. The SMILES string of the molecule is CC1CN=C(c2cccc(NC(=O)Nc3ccc(NC(=O)Nc4cccc(C5=NCC(C)N5)c4)c(N)c3)c2)N1. The molecule has 8 N–H and O–H groups in total. The molecule has 0 spiro atoms. The van der Waals surface area contributed by atoms with Gasteiger partial charge in [0.25, 0.3) is 0 Å². The van der Waals surface area contributed by atoms with Gasteiger partial charge in [0, 0.05) is 40.3 Å². The molecule has 200 valence electrons. The lowest BCUT2D eigenvalue weighted by atomic mass is 10.2. The second-order valence-electron chi connectivity index (χ2n) is 9.59. The number of hydrogen-bond donors (Lipinski definition) is 7. The van der Waals surface area contributed by atoms with Crippen LogP contribution in [0, 0.1) is 0 Å². The molecule has 2 aliphatic rings. The number of urea groups is 2. The molecule has 2 heterocycles. The molecule has 0 radical (unpaired) electrons. The quantitative estimate of drug-likeness (QED) is 0.242. The van der Waals surface area contributed by atoms with Gasteiger partial charge in [0.15, 0.2) is 0 Å². The van der Waals surface area contributed by atoms with Crippen molar-refractivity contribution < 1.29 is 9.59 Å². The van der Waals surface area contributed by atoms with E-state index in [9.17, 15) is 9.59 Å². The molecule has 2 unspecified atom stereocenters. The van der Waals surface area contributed by atoms with Crippen LogP contribution in [0.25, 0.3) is 0 Å². The highest BCUT2D eigenvalue weighted by Crippen LogP contribution is 2.24. The summed E-state index contributed by atoms with van der Waals surface area (Å²) in [6.45, 7) is 5.57. The topological polar surface area (TPSA) is 157 Å². The molecule has 0 aromatic heterocycles. The van der Waals surface area contributed by atoms with Gasteiger partial charge in [-0.1, -0.05) is 24.3 Å². The van der Waals surface area contributed by atoms with Gasteiger partial charge in [0.05, 0.1) is 24.5 Å². The number of carbonyl (C=O) groups excluding carboxylic acids is 2. The number of nitrogen functional groups attached to an aromatic ring is 1. The number of aliphatic imine (C=N–C) groups is 2. The summed E-state index contributed by atoms with van der Waals surface area (Å²) in [6, 6.07) is 19.5. The summed E-state index contributed by atoms with van der Waals surface area (Å²) in [5, 5.41) is 17.8. The second kappa shape index (κ2) is 11.1. The predicted molar refractivity (Wildman–Crippen MR) is 157 cm³/mol. The third-order valence-corrected chi connectivity index (χ3v) is 6.16. The molecule has 39 heavy (non-hydrogen) atoms. The van der Waals surface area contributed by atoms with E-state index >= 15 is 0 Å². The van der Waals surface area contributed by atoms with Gasteiger partial charge < -0.3 is 37.6 Å². The fraction of sp³-hybridized carbons (Fsp3) is 0.214. The van der Waals surface area contributed by atoms with Gasteiger partial charge in [0.2, 0.25) is 0 Å². The molecule has 0 aliphatic carbocycles. The highest BCUT2D eigenvalue weighted by atomic mass is 16.2. The first-order valence-electron chi connectivity index (χ1n) is 12.7. The average Bonchev–Trinajstić information content (AvgIpc) is 3.54. The first-order valence-corrected chi connectivity index (χ1v) is 12.7. The van der Waals surface area contributed by atoms with E-state index in [0.717, 1.165) is 35.9 Å². The van der Waals surface area contributed by atoms with Gasteiger partial charge in [-0.25, -0.2) is 9.59 Å². The van der Waals surface area contributed by atoms with E-state index in [1.807, 2.05) is 36.4 Å². The zero-order chi connectivity index (χ0) is 27.4. The Balaban J connectivity index is 1.16. The van der Waals surface area contributed by atoms with E-state index in [2.05, 4.69) is 55.7 Å². The summed E-state index contributed by atoms with van der Waals surface area (Å²) in [5.41, 5.74) is 10.4. The first-order chi connectivity index (χ1) is 18.8. The van der Waals surface area contributed by atoms with Crippen LogP contribution in [-0.4, -0.2) is 48.9 Å². The largest absolute Gasteiger partial charge is 0.397 e. The van der Waals surface area contributed by atoms with E-state index in [0.29, 0.717) is 34.5 Å². The van der Waals surface area contributed by atoms with Crippen LogP contribution < -0.4 is 37.6 Å². The molecule has 2 aliphatic heterocycles. The maximum atomic E-state index is 12.6. The Morgan fingerprint density at radius 1 is 0.718 bits per heavy atom. The van der Waals surface area contributed by atoms with Gasteiger partial charge in [-0.05, 0) is 56.3 Å². The fourth-order valence-electron chi connectivity index (χ4n) is 4.28. The summed E-state index contributed by atoms with van der Waals surface area (Å²) >= 11 is 0. The first kappa shape index (κ1) is 25.6. The van der Waals surface area contributed by atoms with Crippen molar-refractivity contribution in [3.63, 3.8) is 0 Å². The molecular formula is C28H31N9O2. The Hall–Kier alpha value is -5.06. The standard InChI is InChI=1S/C28H31N9O2/c1-16-14-30-25(32-16)18-5-3-7-20(11-18)34-27(38)36-22-9-10-24(23(29)13-22)37-28(39)35-21-8-4-6-19(12-21)26-31-15-17(2)33-26/h3-13,16-17H,14-15,29H2,1-2H3,(H,30,32)(H,31,33)(H2,34,36,38)(H2,35,37,39). The molecule has 2 atom stereocenters. The van der Waals surface area contributed by atoms with Crippen LogP contribution in [0.1, 0.15) is 25.0 Å². The summed E-state index contributed by atoms with van der Waals surface area (Å²) in [6.07, 6.45) is 0. The summed E-state index contributed by atoms with van der Waals surface area (Å²) in [5.74, 6) is 1.62. The summed E-state index contributed by atoms with van der Waals surface area (Å²) in [7, 11) is 0. The van der Waals surface area contributed by atoms with Crippen LogP contribution in [0.2, 0.25) is 0 Å². The molecule has 4 amide bonds. The van der Waals surface area contributed by atoms with Gasteiger partial charge in [0.1, 0.15) is 11.7 Å². The number of rotatable bonds is 6. The maximum Gasteiger partial charge on any atom is 0.323 e. The molecule has 0 bridgehead atoms. The third-order valence-electron chi connectivity index (χ3n) is 6.16. The molecule has 3 aromatic carbocycles. The number of anilines is 5. The zero-order valence-corrected chi connectivity index (χ0v) is 21.7. The number of hydrogen-bond acceptors (Lipinski definition) is 7. The van der Waals surface area contributed by atoms with Crippen LogP contribution in [-0.2, 0) is 0 Å². The minimum Gasteiger partial charge on any atom is -0.397 e. The molecule has 11 heteroatoms. The number of carbonyl (C=O) groups is 2. The van der Waals surface area contributed by atoms with Crippen LogP contribution in [0.15, 0.2) is 76.7 Å². The van der Waals surface area contributed by atoms with Crippen molar-refractivity contribution in [2.45, 2.75) is 25.9 Å². The van der Waals surface area contributed by atoms with Crippen LogP contribution in [0.5, 0.6) is 0 Å². The van der Waals surface area contributed by atoms with Crippen LogP contribution in [0.4, 0.5) is 38.0 Å². The van der Waals surface area contributed by atoms with E-state index in [4.69, 9.17) is 5.73 Å². The molecule has 0 fully saturated rings. The Morgan fingerprint density at radius 3 is 1.67 bits per heavy atom. The molecular weight excluding hydrogens is 494 g/mol. The molecule has 0 saturated heterocycles. The Kier molecular flexibility index (Phi) is 7.30.